The lowest BCUT2D eigenvalue weighted by Crippen LogP contribution is -2.59. The Morgan fingerprint density at radius 2 is 2.28 bits per heavy atom. The van der Waals surface area contributed by atoms with E-state index in [1.54, 1.807) is 0 Å². The number of nitrogens with zero attached hydrogens (tertiary/aromatic N) is 2. The van der Waals surface area contributed by atoms with Gasteiger partial charge in [-0.15, -0.1) is 0 Å². The molecule has 0 spiro atoms. The highest BCUT2D eigenvalue weighted by Crippen LogP contribution is 2.20. The van der Waals surface area contributed by atoms with Crippen LogP contribution in [0.15, 0.2) is 11.8 Å². The monoisotopic (exact) mass is 251 g/mol. The number of carbonyl (C=O) groups is 1. The number of likely N-dealkylation sites (N-methyl/N-ethyl adjacent to an activating group) is 1. The van der Waals surface area contributed by atoms with Gasteiger partial charge < -0.3 is 10.2 Å². The summed E-state index contributed by atoms with van der Waals surface area (Å²) < 4.78 is 0. The van der Waals surface area contributed by atoms with E-state index < -0.39 is 0 Å². The van der Waals surface area contributed by atoms with Gasteiger partial charge in [0.2, 0.25) is 5.91 Å². The molecule has 18 heavy (non-hydrogen) atoms. The zero-order chi connectivity index (χ0) is 13.0. The first kappa shape index (κ1) is 13.6. The van der Waals surface area contributed by atoms with Crippen molar-refractivity contribution < 1.29 is 4.79 Å². The second kappa shape index (κ2) is 6.34. The average Bonchev–Trinajstić information content (AvgIpc) is 2.79. The van der Waals surface area contributed by atoms with Gasteiger partial charge in [0, 0.05) is 31.9 Å². The largest absolute Gasteiger partial charge is 0.318 e. The van der Waals surface area contributed by atoms with Gasteiger partial charge in [-0.25, -0.2) is 0 Å². The van der Waals surface area contributed by atoms with Gasteiger partial charge in [0.15, 0.2) is 0 Å². The Bertz CT molecular complexity index is 323. The molecule has 1 amide bonds. The molecule has 2 rings (SSSR count). The van der Waals surface area contributed by atoms with Crippen molar-refractivity contribution in [1.82, 2.24) is 15.1 Å². The molecule has 0 aromatic carbocycles. The highest BCUT2D eigenvalue weighted by atomic mass is 16.2. The van der Waals surface area contributed by atoms with Gasteiger partial charge in [0.1, 0.15) is 0 Å². The number of allylic oxidation sites excluding steroid dienone is 2. The smallest absolute Gasteiger partial charge is 0.240 e. The maximum Gasteiger partial charge on any atom is 0.240 e. The van der Waals surface area contributed by atoms with E-state index in [-0.39, 0.29) is 5.91 Å². The lowest BCUT2D eigenvalue weighted by Gasteiger charge is -2.38. The van der Waals surface area contributed by atoms with Crippen molar-refractivity contribution >= 4 is 5.91 Å². The third-order valence-electron chi connectivity index (χ3n) is 3.95. The van der Waals surface area contributed by atoms with Crippen LogP contribution in [0.5, 0.6) is 0 Å². The number of nitrogens with one attached hydrogen (secondary N) is 1. The van der Waals surface area contributed by atoms with Crippen molar-refractivity contribution in [2.75, 3.05) is 33.2 Å². The van der Waals surface area contributed by atoms with Gasteiger partial charge in [0.25, 0.3) is 0 Å². The van der Waals surface area contributed by atoms with Crippen LogP contribution in [0, 0.1) is 0 Å². The molecule has 4 nitrogen and oxygen atoms in total. The van der Waals surface area contributed by atoms with Crippen LogP contribution in [0.3, 0.4) is 0 Å². The summed E-state index contributed by atoms with van der Waals surface area (Å²) >= 11 is 0. The quantitative estimate of drug-likeness (QED) is 0.770. The molecule has 1 N–H and O–H groups in total. The summed E-state index contributed by atoms with van der Waals surface area (Å²) in [4.78, 5) is 16.5. The van der Waals surface area contributed by atoms with Crippen LogP contribution in [0.1, 0.15) is 32.6 Å². The predicted molar refractivity (Wildman–Crippen MR) is 73.2 cm³/mol. The second-order valence-corrected chi connectivity index (χ2v) is 5.32. The van der Waals surface area contributed by atoms with E-state index in [1.165, 1.54) is 12.1 Å². The Hall–Kier alpha value is -0.870. The minimum Gasteiger partial charge on any atom is -0.318 e. The molecule has 1 aliphatic heterocycles. The Kier molecular flexibility index (Phi) is 4.78. The maximum atomic E-state index is 12.3. The summed E-state index contributed by atoms with van der Waals surface area (Å²) in [6, 6.07) is 0.555. The van der Waals surface area contributed by atoms with Gasteiger partial charge >= 0.3 is 0 Å². The topological polar surface area (TPSA) is 35.6 Å². The summed E-state index contributed by atoms with van der Waals surface area (Å²) in [6.07, 6.45) is 6.68. The third kappa shape index (κ3) is 3.12. The van der Waals surface area contributed by atoms with Gasteiger partial charge in [0.05, 0.1) is 6.54 Å². The fourth-order valence-corrected chi connectivity index (χ4v) is 2.61. The highest BCUT2D eigenvalue weighted by Gasteiger charge is 2.27. The molecule has 1 aliphatic carbocycles. The summed E-state index contributed by atoms with van der Waals surface area (Å²) in [5.41, 5.74) is 1.21. The first-order valence-corrected chi connectivity index (χ1v) is 7.12. The zero-order valence-electron chi connectivity index (χ0n) is 11.6. The molecular formula is C14H25N3O. The Morgan fingerprint density at radius 3 is 2.78 bits per heavy atom. The maximum absolute atomic E-state index is 12.3. The van der Waals surface area contributed by atoms with Gasteiger partial charge in [-0.2, -0.15) is 0 Å². The summed E-state index contributed by atoms with van der Waals surface area (Å²) in [5, 5.41) is 3.28. The van der Waals surface area contributed by atoms with E-state index in [4.69, 9.17) is 0 Å². The SMILES string of the molecule is CCCN(CC(=O)N(C)C1=CCCC1)C1CNC1. The van der Waals surface area contributed by atoms with E-state index >= 15 is 0 Å². The molecule has 0 radical (unpaired) electrons. The van der Waals surface area contributed by atoms with Crippen LogP contribution in [-0.4, -0.2) is 55.0 Å². The first-order valence-electron chi connectivity index (χ1n) is 7.12. The predicted octanol–water partition coefficient (Wildman–Crippen LogP) is 1.20. The molecule has 0 aromatic heterocycles. The molecule has 0 unspecified atom stereocenters. The third-order valence-corrected chi connectivity index (χ3v) is 3.95. The van der Waals surface area contributed by atoms with Gasteiger partial charge in [-0.1, -0.05) is 13.0 Å². The summed E-state index contributed by atoms with van der Waals surface area (Å²) in [6.45, 7) is 5.81. The highest BCUT2D eigenvalue weighted by molar-refractivity contribution is 5.79. The molecule has 4 heteroatoms. The fourth-order valence-electron chi connectivity index (χ4n) is 2.61. The van der Waals surface area contributed by atoms with Crippen molar-refractivity contribution in [2.24, 2.45) is 0 Å². The molecule has 1 heterocycles. The van der Waals surface area contributed by atoms with E-state index in [2.05, 4.69) is 23.2 Å². The molecule has 2 aliphatic rings. The fraction of sp³-hybridized carbons (Fsp3) is 0.786. The van der Waals surface area contributed by atoms with Gasteiger partial charge in [-0.3, -0.25) is 9.69 Å². The number of rotatable bonds is 6. The second-order valence-electron chi connectivity index (χ2n) is 5.32. The molecule has 0 saturated carbocycles. The van der Waals surface area contributed by atoms with E-state index in [1.807, 2.05) is 11.9 Å². The van der Waals surface area contributed by atoms with Crippen LogP contribution in [0.25, 0.3) is 0 Å². The van der Waals surface area contributed by atoms with Crippen LogP contribution in [0.2, 0.25) is 0 Å². The Labute approximate surface area is 110 Å². The minimum atomic E-state index is 0.239. The van der Waals surface area contributed by atoms with Crippen molar-refractivity contribution in [2.45, 2.75) is 38.6 Å². The number of amides is 1. The van der Waals surface area contributed by atoms with Crippen LogP contribution in [0.4, 0.5) is 0 Å². The number of hydrogen-bond donors (Lipinski definition) is 1. The van der Waals surface area contributed by atoms with Crippen LogP contribution >= 0.6 is 0 Å². The van der Waals surface area contributed by atoms with Crippen molar-refractivity contribution in [3.8, 4) is 0 Å². The van der Waals surface area contributed by atoms with E-state index in [0.717, 1.165) is 38.9 Å². The van der Waals surface area contributed by atoms with Crippen molar-refractivity contribution in [3.63, 3.8) is 0 Å². The minimum absolute atomic E-state index is 0.239. The normalized spacial score (nSPS) is 19.8. The molecule has 1 fully saturated rings. The standard InChI is InChI=1S/C14H25N3O/c1-3-8-17(13-9-15-10-13)11-14(18)16(2)12-6-4-5-7-12/h6,13,15H,3-5,7-11H2,1-2H3. The zero-order valence-corrected chi connectivity index (χ0v) is 11.6. The Morgan fingerprint density at radius 1 is 1.50 bits per heavy atom. The van der Waals surface area contributed by atoms with Crippen LogP contribution in [-0.2, 0) is 4.79 Å². The number of carbonyl (C=O) groups excluding carboxylic acids is 1. The Balaban J connectivity index is 1.87. The summed E-state index contributed by atoms with van der Waals surface area (Å²) in [7, 11) is 1.92. The lowest BCUT2D eigenvalue weighted by atomic mass is 10.1. The molecule has 0 aromatic rings. The number of hydrogen-bond acceptors (Lipinski definition) is 3. The molecule has 0 atom stereocenters. The first-order chi connectivity index (χ1) is 8.72. The molecule has 1 saturated heterocycles. The van der Waals surface area contributed by atoms with Gasteiger partial charge in [-0.05, 0) is 32.2 Å². The van der Waals surface area contributed by atoms with Crippen LogP contribution < -0.4 is 5.32 Å². The van der Waals surface area contributed by atoms with Crippen molar-refractivity contribution in [3.05, 3.63) is 11.8 Å². The molecule has 0 bridgehead atoms. The molecule has 102 valence electrons. The van der Waals surface area contributed by atoms with Crippen molar-refractivity contribution in [1.29, 1.82) is 0 Å². The molecular weight excluding hydrogens is 226 g/mol. The summed E-state index contributed by atoms with van der Waals surface area (Å²) in [5.74, 6) is 0.239. The average molecular weight is 251 g/mol. The van der Waals surface area contributed by atoms with E-state index in [9.17, 15) is 4.79 Å². The lowest BCUT2D eigenvalue weighted by molar-refractivity contribution is -0.130. The van der Waals surface area contributed by atoms with E-state index in [0.29, 0.717) is 12.6 Å².